The van der Waals surface area contributed by atoms with E-state index < -0.39 is 0 Å². The van der Waals surface area contributed by atoms with Gasteiger partial charge in [-0.2, -0.15) is 0 Å². The van der Waals surface area contributed by atoms with Gasteiger partial charge in [0.15, 0.2) is 0 Å². The first kappa shape index (κ1) is 15.0. The summed E-state index contributed by atoms with van der Waals surface area (Å²) >= 11 is 0. The van der Waals surface area contributed by atoms with Gasteiger partial charge in [-0.1, -0.05) is 6.92 Å². The van der Waals surface area contributed by atoms with Crippen LogP contribution < -0.4 is 16.2 Å². The maximum Gasteiger partial charge on any atom is 0.148 e. The first-order chi connectivity index (χ1) is 9.69. The van der Waals surface area contributed by atoms with Crippen LogP contribution in [0.2, 0.25) is 0 Å². The first-order valence-electron chi connectivity index (χ1n) is 7.01. The summed E-state index contributed by atoms with van der Waals surface area (Å²) in [6.45, 7) is 6.03. The number of nitrogens with one attached hydrogen (secondary N) is 1. The van der Waals surface area contributed by atoms with Crippen LogP contribution in [0.15, 0.2) is 0 Å². The van der Waals surface area contributed by atoms with Gasteiger partial charge in [0.05, 0.1) is 19.3 Å². The Hall–Kier alpha value is -1.44. The van der Waals surface area contributed by atoms with Gasteiger partial charge in [0.1, 0.15) is 17.5 Å². The summed E-state index contributed by atoms with van der Waals surface area (Å²) < 4.78 is 5.48. The number of rotatable bonds is 5. The number of hydrogen-bond donors (Lipinski definition) is 3. The lowest BCUT2D eigenvalue weighted by Gasteiger charge is -2.34. The molecule has 1 aromatic rings. The van der Waals surface area contributed by atoms with Crippen LogP contribution in [0.5, 0.6) is 0 Å². The van der Waals surface area contributed by atoms with Gasteiger partial charge in [0.2, 0.25) is 0 Å². The van der Waals surface area contributed by atoms with Crippen LogP contribution in [-0.4, -0.2) is 47.5 Å². The van der Waals surface area contributed by atoms with Gasteiger partial charge < -0.3 is 20.2 Å². The van der Waals surface area contributed by atoms with Gasteiger partial charge in [0.25, 0.3) is 0 Å². The van der Waals surface area contributed by atoms with Crippen LogP contribution in [0.4, 0.5) is 11.6 Å². The monoisotopic (exact) mass is 281 g/mol. The fourth-order valence-electron chi connectivity index (χ4n) is 2.36. The Morgan fingerprint density at radius 2 is 2.30 bits per heavy atom. The van der Waals surface area contributed by atoms with Crippen molar-refractivity contribution in [2.75, 3.05) is 36.6 Å². The Labute approximate surface area is 119 Å². The summed E-state index contributed by atoms with van der Waals surface area (Å²) in [5, 5.41) is 9.25. The van der Waals surface area contributed by atoms with Crippen molar-refractivity contribution in [2.24, 2.45) is 5.84 Å². The normalized spacial score (nSPS) is 19.2. The number of aromatic nitrogens is 2. The number of hydrogen-bond acceptors (Lipinski definition) is 7. The number of aliphatic hydroxyl groups excluding tert-OH is 1. The Bertz CT molecular complexity index is 455. The molecule has 7 nitrogen and oxygen atoms in total. The molecule has 1 aliphatic rings. The van der Waals surface area contributed by atoms with Crippen molar-refractivity contribution in [3.05, 3.63) is 11.4 Å². The van der Waals surface area contributed by atoms with Gasteiger partial charge in [-0.15, -0.1) is 0 Å². The molecule has 112 valence electrons. The molecular weight excluding hydrogens is 258 g/mol. The van der Waals surface area contributed by atoms with Gasteiger partial charge in [-0.3, -0.25) is 0 Å². The van der Waals surface area contributed by atoms with E-state index in [4.69, 9.17) is 10.6 Å². The number of morpholine rings is 1. The molecule has 0 spiro atoms. The summed E-state index contributed by atoms with van der Waals surface area (Å²) in [7, 11) is 0. The maximum absolute atomic E-state index is 9.25. The molecule has 1 atom stereocenters. The molecule has 2 rings (SSSR count). The van der Waals surface area contributed by atoms with Crippen molar-refractivity contribution in [3.8, 4) is 0 Å². The zero-order chi connectivity index (χ0) is 14.5. The molecule has 20 heavy (non-hydrogen) atoms. The number of nitrogens with two attached hydrogens (primary N) is 1. The van der Waals surface area contributed by atoms with E-state index in [1.807, 2.05) is 6.92 Å². The van der Waals surface area contributed by atoms with E-state index in [9.17, 15) is 5.11 Å². The van der Waals surface area contributed by atoms with Crippen molar-refractivity contribution in [1.82, 2.24) is 9.97 Å². The third kappa shape index (κ3) is 3.17. The van der Waals surface area contributed by atoms with Crippen LogP contribution in [-0.2, 0) is 11.2 Å². The second-order valence-corrected chi connectivity index (χ2v) is 4.95. The molecule has 0 amide bonds. The molecular formula is C13H23N5O2. The number of nitrogen functional groups attached to an aromatic ring is 1. The molecule has 0 bridgehead atoms. The second-order valence-electron chi connectivity index (χ2n) is 4.95. The van der Waals surface area contributed by atoms with Gasteiger partial charge in [-0.05, 0) is 13.3 Å². The molecule has 1 saturated heterocycles. The summed E-state index contributed by atoms with van der Waals surface area (Å²) in [5.41, 5.74) is 3.56. The number of aryl methyl sites for hydroxylation is 1. The maximum atomic E-state index is 9.25. The minimum absolute atomic E-state index is 0.0183. The molecule has 0 aromatic carbocycles. The Morgan fingerprint density at radius 1 is 1.50 bits per heavy atom. The Morgan fingerprint density at radius 3 is 2.95 bits per heavy atom. The Kier molecular flexibility index (Phi) is 5.11. The number of aliphatic hydroxyl groups is 1. The largest absolute Gasteiger partial charge is 0.394 e. The lowest BCUT2D eigenvalue weighted by atomic mass is 10.2. The summed E-state index contributed by atoms with van der Waals surface area (Å²) in [5.74, 6) is 7.86. The summed E-state index contributed by atoms with van der Waals surface area (Å²) in [6.07, 6.45) is 1.63. The highest BCUT2D eigenvalue weighted by Crippen LogP contribution is 2.25. The SMILES string of the molecule is CCCc1nc(NN)c(C)c(N2CCOC(CO)C2)n1. The zero-order valence-electron chi connectivity index (χ0n) is 12.1. The van der Waals surface area contributed by atoms with Crippen molar-refractivity contribution in [1.29, 1.82) is 0 Å². The van der Waals surface area contributed by atoms with Gasteiger partial charge >= 0.3 is 0 Å². The first-order valence-corrected chi connectivity index (χ1v) is 7.01. The van der Waals surface area contributed by atoms with Gasteiger partial charge in [-0.25, -0.2) is 15.8 Å². The van der Waals surface area contributed by atoms with Crippen LogP contribution in [0.1, 0.15) is 24.7 Å². The van der Waals surface area contributed by atoms with Crippen molar-refractivity contribution in [3.63, 3.8) is 0 Å². The second kappa shape index (κ2) is 6.83. The highest BCUT2D eigenvalue weighted by atomic mass is 16.5. The van der Waals surface area contributed by atoms with Crippen molar-refractivity contribution >= 4 is 11.6 Å². The zero-order valence-corrected chi connectivity index (χ0v) is 12.1. The minimum atomic E-state index is -0.165. The molecule has 1 aromatic heterocycles. The fourth-order valence-corrected chi connectivity index (χ4v) is 2.36. The third-order valence-corrected chi connectivity index (χ3v) is 3.42. The lowest BCUT2D eigenvalue weighted by Crippen LogP contribution is -2.45. The molecule has 2 heterocycles. The highest BCUT2D eigenvalue weighted by Gasteiger charge is 2.23. The van der Waals surface area contributed by atoms with Crippen LogP contribution in [0, 0.1) is 6.92 Å². The molecule has 0 radical (unpaired) electrons. The van der Waals surface area contributed by atoms with E-state index in [1.54, 1.807) is 0 Å². The third-order valence-electron chi connectivity index (χ3n) is 3.42. The molecule has 7 heteroatoms. The molecule has 4 N–H and O–H groups in total. The molecule has 1 unspecified atom stereocenters. The van der Waals surface area contributed by atoms with Crippen molar-refractivity contribution < 1.29 is 9.84 Å². The quantitative estimate of drug-likeness (QED) is 0.525. The predicted molar refractivity (Wildman–Crippen MR) is 77.6 cm³/mol. The van der Waals surface area contributed by atoms with Crippen LogP contribution >= 0.6 is 0 Å². The average molecular weight is 281 g/mol. The number of ether oxygens (including phenoxy) is 1. The average Bonchev–Trinajstić information content (AvgIpc) is 2.49. The number of nitrogens with zero attached hydrogens (tertiary/aromatic N) is 3. The summed E-state index contributed by atoms with van der Waals surface area (Å²) in [4.78, 5) is 11.2. The van der Waals surface area contributed by atoms with Gasteiger partial charge in [0, 0.05) is 25.1 Å². The van der Waals surface area contributed by atoms with Crippen LogP contribution in [0.25, 0.3) is 0 Å². The minimum Gasteiger partial charge on any atom is -0.394 e. The molecule has 1 fully saturated rings. The Balaban J connectivity index is 2.31. The molecule has 0 aliphatic carbocycles. The van der Waals surface area contributed by atoms with E-state index in [1.165, 1.54) is 0 Å². The van der Waals surface area contributed by atoms with E-state index in [0.29, 0.717) is 19.0 Å². The lowest BCUT2D eigenvalue weighted by molar-refractivity contribution is 0.00332. The van der Waals surface area contributed by atoms with Crippen molar-refractivity contribution in [2.45, 2.75) is 32.8 Å². The fraction of sp³-hybridized carbons (Fsp3) is 0.692. The smallest absolute Gasteiger partial charge is 0.148 e. The van der Waals surface area contributed by atoms with E-state index in [0.717, 1.165) is 36.6 Å². The molecule has 1 aliphatic heterocycles. The standard InChI is InChI=1S/C13H23N5O2/c1-3-4-11-15-12(17-14)9(2)13(16-11)18-5-6-20-10(7-18)8-19/h10,19H,3-8,14H2,1-2H3,(H,15,16,17). The number of hydrazine groups is 1. The molecule has 0 saturated carbocycles. The van der Waals surface area contributed by atoms with E-state index >= 15 is 0 Å². The predicted octanol–water partition coefficient (Wildman–Crippen LogP) is 0.221. The summed E-state index contributed by atoms with van der Waals surface area (Å²) in [6, 6.07) is 0. The van der Waals surface area contributed by atoms with E-state index in [2.05, 4.69) is 27.2 Å². The topological polar surface area (TPSA) is 96.5 Å². The highest BCUT2D eigenvalue weighted by molar-refractivity contribution is 5.58. The van der Waals surface area contributed by atoms with Crippen LogP contribution in [0.3, 0.4) is 0 Å². The van der Waals surface area contributed by atoms with E-state index in [-0.39, 0.29) is 12.7 Å². The number of anilines is 2.